The van der Waals surface area contributed by atoms with Gasteiger partial charge in [-0.25, -0.2) is 4.79 Å². The molecule has 1 amide bonds. The van der Waals surface area contributed by atoms with Crippen molar-refractivity contribution in [1.82, 2.24) is 15.1 Å². The van der Waals surface area contributed by atoms with Crippen LogP contribution in [0.5, 0.6) is 0 Å². The number of nitrogens with one attached hydrogen (secondary N) is 1. The zero-order valence-corrected chi connectivity index (χ0v) is 14.2. The van der Waals surface area contributed by atoms with Crippen molar-refractivity contribution in [2.75, 3.05) is 39.3 Å². The highest BCUT2D eigenvalue weighted by Crippen LogP contribution is 2.08. The summed E-state index contributed by atoms with van der Waals surface area (Å²) in [6.07, 6.45) is -0.343. The fourth-order valence-corrected chi connectivity index (χ4v) is 2.47. The number of rotatable bonds is 5. The molecule has 124 valence electrons. The molecule has 0 bridgehead atoms. The van der Waals surface area contributed by atoms with Gasteiger partial charge in [-0.2, -0.15) is 0 Å². The molecule has 21 heavy (non-hydrogen) atoms. The predicted octanol–water partition coefficient (Wildman–Crippen LogP) is 0.864. The van der Waals surface area contributed by atoms with Gasteiger partial charge in [-0.15, -0.1) is 0 Å². The quantitative estimate of drug-likeness (QED) is 0.788. The molecule has 0 radical (unpaired) electrons. The van der Waals surface area contributed by atoms with Crippen molar-refractivity contribution in [3.05, 3.63) is 0 Å². The first-order valence-electron chi connectivity index (χ1n) is 7.86. The number of carbonyl (C=O) groups is 1. The van der Waals surface area contributed by atoms with Crippen molar-refractivity contribution in [2.24, 2.45) is 5.73 Å². The van der Waals surface area contributed by atoms with Gasteiger partial charge < -0.3 is 15.8 Å². The van der Waals surface area contributed by atoms with Crippen molar-refractivity contribution in [3.8, 4) is 0 Å². The Labute approximate surface area is 129 Å². The van der Waals surface area contributed by atoms with Crippen molar-refractivity contribution in [2.45, 2.75) is 52.3 Å². The van der Waals surface area contributed by atoms with E-state index >= 15 is 0 Å². The summed E-state index contributed by atoms with van der Waals surface area (Å²) in [4.78, 5) is 16.4. The van der Waals surface area contributed by atoms with Gasteiger partial charge in [-0.3, -0.25) is 9.80 Å². The molecule has 0 aliphatic carbocycles. The van der Waals surface area contributed by atoms with Gasteiger partial charge >= 0.3 is 6.09 Å². The molecule has 6 nitrogen and oxygen atoms in total. The van der Waals surface area contributed by atoms with Crippen LogP contribution in [0.15, 0.2) is 0 Å². The van der Waals surface area contributed by atoms with E-state index in [1.165, 1.54) is 0 Å². The Morgan fingerprint density at radius 1 is 1.24 bits per heavy atom. The van der Waals surface area contributed by atoms with E-state index in [2.05, 4.69) is 22.0 Å². The van der Waals surface area contributed by atoms with Crippen molar-refractivity contribution >= 4 is 6.09 Å². The highest BCUT2D eigenvalue weighted by Gasteiger charge is 2.22. The molecule has 0 spiro atoms. The van der Waals surface area contributed by atoms with E-state index in [-0.39, 0.29) is 12.1 Å². The summed E-state index contributed by atoms with van der Waals surface area (Å²) in [5, 5.41) is 2.84. The Balaban J connectivity index is 2.25. The molecular weight excluding hydrogens is 268 g/mol. The lowest BCUT2D eigenvalue weighted by atomic mass is 10.2. The molecule has 0 aromatic carbocycles. The number of ether oxygens (including phenoxy) is 1. The van der Waals surface area contributed by atoms with Gasteiger partial charge in [0, 0.05) is 51.4 Å². The van der Waals surface area contributed by atoms with Crippen LogP contribution in [0.3, 0.4) is 0 Å². The number of hydrogen-bond acceptors (Lipinski definition) is 5. The Hall–Kier alpha value is -0.850. The Kier molecular flexibility index (Phi) is 6.90. The Bertz CT molecular complexity index is 320. The summed E-state index contributed by atoms with van der Waals surface area (Å²) in [5.41, 5.74) is 5.39. The molecule has 3 N–H and O–H groups in total. The van der Waals surface area contributed by atoms with Crippen LogP contribution in [0.2, 0.25) is 0 Å². The van der Waals surface area contributed by atoms with Crippen LogP contribution in [-0.4, -0.2) is 72.8 Å². The van der Waals surface area contributed by atoms with E-state index in [1.807, 2.05) is 27.7 Å². The van der Waals surface area contributed by atoms with E-state index < -0.39 is 5.60 Å². The highest BCUT2D eigenvalue weighted by atomic mass is 16.6. The fourth-order valence-electron chi connectivity index (χ4n) is 2.47. The summed E-state index contributed by atoms with van der Waals surface area (Å²) in [6.45, 7) is 15.5. The zero-order valence-electron chi connectivity index (χ0n) is 14.2. The fraction of sp³-hybridized carbons (Fsp3) is 0.933. The lowest BCUT2D eigenvalue weighted by Crippen LogP contribution is -2.54. The second-order valence-corrected chi connectivity index (χ2v) is 7.05. The number of nitrogens with two attached hydrogens (primary N) is 1. The molecule has 6 heteroatoms. The van der Waals surface area contributed by atoms with Gasteiger partial charge in [0.25, 0.3) is 0 Å². The maximum Gasteiger partial charge on any atom is 0.407 e. The van der Waals surface area contributed by atoms with Gasteiger partial charge in [0.2, 0.25) is 0 Å². The molecule has 0 aromatic rings. The second-order valence-electron chi connectivity index (χ2n) is 7.05. The standard InChI is InChI=1S/C15H32N4O2/c1-12(16)11-18-6-8-19(9-7-18)13(2)10-17-14(20)21-15(3,4)5/h12-13H,6-11,16H2,1-5H3,(H,17,20). The monoisotopic (exact) mass is 300 g/mol. The summed E-state index contributed by atoms with van der Waals surface area (Å²) in [6, 6.07) is 0.540. The summed E-state index contributed by atoms with van der Waals surface area (Å²) < 4.78 is 5.25. The average molecular weight is 300 g/mol. The number of alkyl carbamates (subject to hydrolysis) is 1. The summed E-state index contributed by atoms with van der Waals surface area (Å²) in [5.74, 6) is 0. The zero-order chi connectivity index (χ0) is 16.0. The van der Waals surface area contributed by atoms with Crippen LogP contribution in [0.1, 0.15) is 34.6 Å². The first-order valence-corrected chi connectivity index (χ1v) is 7.86. The second kappa shape index (κ2) is 7.96. The minimum atomic E-state index is -0.447. The maximum absolute atomic E-state index is 11.6. The third-order valence-corrected chi connectivity index (χ3v) is 3.52. The Morgan fingerprint density at radius 3 is 2.29 bits per heavy atom. The van der Waals surface area contributed by atoms with Crippen LogP contribution < -0.4 is 11.1 Å². The lowest BCUT2D eigenvalue weighted by molar-refractivity contribution is 0.0490. The van der Waals surface area contributed by atoms with Crippen molar-refractivity contribution in [3.63, 3.8) is 0 Å². The smallest absolute Gasteiger partial charge is 0.407 e. The molecule has 1 saturated heterocycles. The Morgan fingerprint density at radius 2 is 1.81 bits per heavy atom. The number of carbonyl (C=O) groups excluding carboxylic acids is 1. The largest absolute Gasteiger partial charge is 0.444 e. The molecule has 1 aliphatic rings. The van der Waals surface area contributed by atoms with Crippen molar-refractivity contribution < 1.29 is 9.53 Å². The molecule has 1 rings (SSSR count). The molecule has 0 aromatic heterocycles. The molecule has 0 saturated carbocycles. The van der Waals surface area contributed by atoms with Crippen LogP contribution in [-0.2, 0) is 4.74 Å². The number of hydrogen-bond donors (Lipinski definition) is 2. The number of amides is 1. The first kappa shape index (κ1) is 18.2. The predicted molar refractivity (Wildman–Crippen MR) is 85.4 cm³/mol. The van der Waals surface area contributed by atoms with Crippen LogP contribution in [0, 0.1) is 0 Å². The average Bonchev–Trinajstić information content (AvgIpc) is 2.34. The van der Waals surface area contributed by atoms with Gasteiger partial charge in [-0.1, -0.05) is 0 Å². The van der Waals surface area contributed by atoms with E-state index in [1.54, 1.807) is 0 Å². The van der Waals surface area contributed by atoms with Crippen LogP contribution >= 0.6 is 0 Å². The van der Waals surface area contributed by atoms with Crippen LogP contribution in [0.25, 0.3) is 0 Å². The minimum Gasteiger partial charge on any atom is -0.444 e. The third kappa shape index (κ3) is 7.64. The first-order chi connectivity index (χ1) is 9.67. The third-order valence-electron chi connectivity index (χ3n) is 3.52. The maximum atomic E-state index is 11.6. The number of nitrogens with zero attached hydrogens (tertiary/aromatic N) is 2. The summed E-state index contributed by atoms with van der Waals surface area (Å²) in [7, 11) is 0. The molecule has 1 aliphatic heterocycles. The van der Waals surface area contributed by atoms with Gasteiger partial charge in [0.15, 0.2) is 0 Å². The van der Waals surface area contributed by atoms with Crippen LogP contribution in [0.4, 0.5) is 4.79 Å². The van der Waals surface area contributed by atoms with Gasteiger partial charge in [0.05, 0.1) is 0 Å². The molecule has 2 unspecified atom stereocenters. The number of piperazine rings is 1. The molecule has 1 heterocycles. The van der Waals surface area contributed by atoms with E-state index in [0.717, 1.165) is 32.7 Å². The lowest BCUT2D eigenvalue weighted by Gasteiger charge is -2.38. The minimum absolute atomic E-state index is 0.225. The van der Waals surface area contributed by atoms with E-state index in [0.29, 0.717) is 12.6 Å². The molecule has 1 fully saturated rings. The molecule has 2 atom stereocenters. The molecular formula is C15H32N4O2. The van der Waals surface area contributed by atoms with Gasteiger partial charge in [-0.05, 0) is 34.6 Å². The van der Waals surface area contributed by atoms with Gasteiger partial charge in [0.1, 0.15) is 5.60 Å². The van der Waals surface area contributed by atoms with Crippen molar-refractivity contribution in [1.29, 1.82) is 0 Å². The topological polar surface area (TPSA) is 70.8 Å². The van der Waals surface area contributed by atoms with E-state index in [4.69, 9.17) is 10.5 Å². The summed E-state index contributed by atoms with van der Waals surface area (Å²) >= 11 is 0. The normalized spacial score (nSPS) is 20.9. The highest BCUT2D eigenvalue weighted by molar-refractivity contribution is 5.67. The SMILES string of the molecule is CC(N)CN1CCN(C(C)CNC(=O)OC(C)(C)C)CC1. The van der Waals surface area contributed by atoms with E-state index in [9.17, 15) is 4.79 Å².